The molecule has 2 amide bonds. The number of carbonyl (C=O) groups is 2. The Morgan fingerprint density at radius 2 is 1.76 bits per heavy atom. The molecule has 0 fully saturated rings. The minimum Gasteiger partial charge on any atom is -0.441 e. The number of hydrogen-bond acceptors (Lipinski definition) is 5. The molecule has 0 spiro atoms. The maximum absolute atomic E-state index is 12.1. The standard InChI is InChI=1S/C24H33Cl2N3O3S/c1-5-7-8-9-10-11-21(30)28-24(31)32-15-20-27-22(16(3)4)23(29(20)6-2)33-19-13-17(25)12-18(26)14-19/h12-14,16H,5-11,15H2,1-4H3,(H,28,30,31). The summed E-state index contributed by atoms with van der Waals surface area (Å²) in [4.78, 5) is 29.7. The van der Waals surface area contributed by atoms with E-state index in [1.54, 1.807) is 6.07 Å². The summed E-state index contributed by atoms with van der Waals surface area (Å²) in [5.74, 6) is 0.475. The van der Waals surface area contributed by atoms with Crippen LogP contribution < -0.4 is 5.32 Å². The van der Waals surface area contributed by atoms with Crippen LogP contribution in [-0.4, -0.2) is 21.6 Å². The third kappa shape index (κ3) is 8.87. The van der Waals surface area contributed by atoms with Gasteiger partial charge in [0.25, 0.3) is 0 Å². The van der Waals surface area contributed by atoms with Gasteiger partial charge in [-0.05, 0) is 37.5 Å². The SMILES string of the molecule is CCCCCCCC(=O)NC(=O)OCc1nc(C(C)C)c(Sc2cc(Cl)cc(Cl)c2)n1CC. The number of ether oxygens (including phenoxy) is 1. The van der Waals surface area contributed by atoms with Gasteiger partial charge in [0.1, 0.15) is 10.9 Å². The first-order valence-corrected chi connectivity index (χ1v) is 13.0. The Labute approximate surface area is 210 Å². The highest BCUT2D eigenvalue weighted by atomic mass is 35.5. The number of nitrogens with one attached hydrogen (secondary N) is 1. The van der Waals surface area contributed by atoms with Gasteiger partial charge < -0.3 is 9.30 Å². The first-order chi connectivity index (χ1) is 15.7. The first kappa shape index (κ1) is 27.5. The van der Waals surface area contributed by atoms with Crippen molar-refractivity contribution in [2.45, 2.75) is 95.2 Å². The summed E-state index contributed by atoms with van der Waals surface area (Å²) in [6.45, 7) is 8.90. The molecule has 0 aliphatic rings. The van der Waals surface area contributed by atoms with Crippen LogP contribution >= 0.6 is 35.0 Å². The molecule has 6 nitrogen and oxygen atoms in total. The van der Waals surface area contributed by atoms with E-state index in [0.29, 0.717) is 28.8 Å². The molecular weight excluding hydrogens is 481 g/mol. The Bertz CT molecular complexity index is 927. The monoisotopic (exact) mass is 513 g/mol. The molecule has 0 bridgehead atoms. The van der Waals surface area contributed by atoms with Crippen molar-refractivity contribution in [1.29, 1.82) is 0 Å². The Morgan fingerprint density at radius 3 is 2.36 bits per heavy atom. The molecule has 1 aromatic heterocycles. The minimum atomic E-state index is -0.749. The number of imide groups is 1. The fourth-order valence-corrected chi connectivity index (χ4v) is 5.33. The van der Waals surface area contributed by atoms with Gasteiger partial charge >= 0.3 is 6.09 Å². The van der Waals surface area contributed by atoms with E-state index in [4.69, 9.17) is 32.9 Å². The summed E-state index contributed by atoms with van der Waals surface area (Å²) >= 11 is 13.9. The number of unbranched alkanes of at least 4 members (excludes halogenated alkanes) is 4. The summed E-state index contributed by atoms with van der Waals surface area (Å²) < 4.78 is 7.33. The van der Waals surface area contributed by atoms with Gasteiger partial charge in [-0.3, -0.25) is 10.1 Å². The lowest BCUT2D eigenvalue weighted by atomic mass is 10.1. The summed E-state index contributed by atoms with van der Waals surface area (Å²) in [6, 6.07) is 5.40. The molecule has 33 heavy (non-hydrogen) atoms. The number of rotatable bonds is 12. The van der Waals surface area contributed by atoms with Crippen molar-refractivity contribution in [3.63, 3.8) is 0 Å². The third-order valence-electron chi connectivity index (χ3n) is 5.02. The number of imidazole rings is 1. The Kier molecular flexibility index (Phi) is 11.6. The van der Waals surface area contributed by atoms with Crippen LogP contribution in [0.3, 0.4) is 0 Å². The van der Waals surface area contributed by atoms with Crippen LogP contribution in [0.2, 0.25) is 10.0 Å². The molecule has 0 unspecified atom stereocenters. The van der Waals surface area contributed by atoms with Gasteiger partial charge in [0.05, 0.1) is 5.69 Å². The van der Waals surface area contributed by atoms with Crippen LogP contribution in [0.15, 0.2) is 28.1 Å². The van der Waals surface area contributed by atoms with Crippen molar-refractivity contribution in [3.8, 4) is 0 Å². The fraction of sp³-hybridized carbons (Fsp3) is 0.542. The number of alkyl carbamates (subject to hydrolysis) is 1. The van der Waals surface area contributed by atoms with Gasteiger partial charge in [-0.15, -0.1) is 0 Å². The van der Waals surface area contributed by atoms with E-state index < -0.39 is 6.09 Å². The lowest BCUT2D eigenvalue weighted by molar-refractivity contribution is -0.120. The zero-order valence-corrected chi connectivity index (χ0v) is 22.1. The van der Waals surface area contributed by atoms with Crippen molar-refractivity contribution in [2.75, 3.05) is 0 Å². The quantitative estimate of drug-likeness (QED) is 0.295. The lowest BCUT2D eigenvalue weighted by Crippen LogP contribution is -2.31. The highest BCUT2D eigenvalue weighted by Gasteiger charge is 2.21. The molecule has 2 aromatic rings. The van der Waals surface area contributed by atoms with E-state index in [2.05, 4.69) is 26.1 Å². The van der Waals surface area contributed by atoms with E-state index in [9.17, 15) is 9.59 Å². The highest BCUT2D eigenvalue weighted by Crippen LogP contribution is 2.37. The molecule has 9 heteroatoms. The smallest absolute Gasteiger partial charge is 0.414 e. The normalized spacial score (nSPS) is 11.1. The Morgan fingerprint density at radius 1 is 1.09 bits per heavy atom. The predicted octanol–water partition coefficient (Wildman–Crippen LogP) is 7.60. The van der Waals surface area contributed by atoms with E-state index >= 15 is 0 Å². The van der Waals surface area contributed by atoms with E-state index in [0.717, 1.165) is 47.7 Å². The number of hydrogen-bond donors (Lipinski definition) is 1. The van der Waals surface area contributed by atoms with E-state index in [1.165, 1.54) is 11.8 Å². The van der Waals surface area contributed by atoms with Crippen LogP contribution in [0, 0.1) is 0 Å². The molecule has 0 radical (unpaired) electrons. The predicted molar refractivity (Wildman–Crippen MR) is 134 cm³/mol. The molecule has 0 atom stereocenters. The zero-order valence-electron chi connectivity index (χ0n) is 19.7. The molecule has 0 aliphatic heterocycles. The average Bonchev–Trinajstić information content (AvgIpc) is 3.08. The van der Waals surface area contributed by atoms with Crippen LogP contribution in [0.4, 0.5) is 4.79 Å². The molecule has 1 heterocycles. The van der Waals surface area contributed by atoms with Crippen molar-refractivity contribution in [1.82, 2.24) is 14.9 Å². The Hall–Kier alpha value is -1.70. The van der Waals surface area contributed by atoms with Crippen LogP contribution in [0.1, 0.15) is 83.7 Å². The molecule has 0 saturated heterocycles. The minimum absolute atomic E-state index is 0.0277. The van der Waals surface area contributed by atoms with Crippen LogP contribution in [-0.2, 0) is 22.7 Å². The van der Waals surface area contributed by atoms with Gasteiger partial charge in [-0.2, -0.15) is 0 Å². The highest BCUT2D eigenvalue weighted by molar-refractivity contribution is 7.99. The number of benzene rings is 1. The van der Waals surface area contributed by atoms with Crippen molar-refractivity contribution < 1.29 is 14.3 Å². The van der Waals surface area contributed by atoms with Crippen molar-refractivity contribution >= 4 is 47.0 Å². The lowest BCUT2D eigenvalue weighted by Gasteiger charge is -2.12. The van der Waals surface area contributed by atoms with Gasteiger partial charge in [0, 0.05) is 27.9 Å². The largest absolute Gasteiger partial charge is 0.441 e. The summed E-state index contributed by atoms with van der Waals surface area (Å²) in [5.41, 5.74) is 0.903. The van der Waals surface area contributed by atoms with Gasteiger partial charge in [-0.25, -0.2) is 9.78 Å². The molecule has 0 saturated carbocycles. The van der Waals surface area contributed by atoms with E-state index in [-0.39, 0.29) is 18.4 Å². The number of amides is 2. The number of halogens is 2. The maximum Gasteiger partial charge on any atom is 0.414 e. The van der Waals surface area contributed by atoms with E-state index in [1.807, 2.05) is 23.6 Å². The second-order valence-corrected chi connectivity index (χ2v) is 10.0. The summed E-state index contributed by atoms with van der Waals surface area (Å²) in [6.07, 6.45) is 4.75. The number of nitrogens with zero attached hydrogens (tertiary/aromatic N) is 2. The van der Waals surface area contributed by atoms with Gasteiger partial charge in [0.2, 0.25) is 5.91 Å². The fourth-order valence-electron chi connectivity index (χ4n) is 3.35. The Balaban J connectivity index is 2.04. The van der Waals surface area contributed by atoms with Gasteiger partial charge in [-0.1, -0.05) is 81.4 Å². The molecule has 0 aliphatic carbocycles. The summed E-state index contributed by atoms with van der Waals surface area (Å²) in [7, 11) is 0. The molecule has 2 rings (SSSR count). The summed E-state index contributed by atoms with van der Waals surface area (Å²) in [5, 5.41) is 4.38. The van der Waals surface area contributed by atoms with Gasteiger partial charge in [0.15, 0.2) is 6.61 Å². The molecular formula is C24H33Cl2N3O3S. The average molecular weight is 515 g/mol. The van der Waals surface area contributed by atoms with Crippen molar-refractivity contribution in [3.05, 3.63) is 39.8 Å². The molecule has 182 valence electrons. The molecule has 1 N–H and O–H groups in total. The number of aromatic nitrogens is 2. The van der Waals surface area contributed by atoms with Crippen LogP contribution in [0.25, 0.3) is 0 Å². The topological polar surface area (TPSA) is 73.2 Å². The number of carbonyl (C=O) groups excluding carboxylic acids is 2. The van der Waals surface area contributed by atoms with Crippen molar-refractivity contribution in [2.24, 2.45) is 0 Å². The first-order valence-electron chi connectivity index (χ1n) is 11.4. The second-order valence-electron chi connectivity index (χ2n) is 8.11. The zero-order chi connectivity index (χ0) is 24.4. The van der Waals surface area contributed by atoms with Crippen LogP contribution in [0.5, 0.6) is 0 Å². The maximum atomic E-state index is 12.1. The third-order valence-corrected chi connectivity index (χ3v) is 6.55. The molecule has 1 aromatic carbocycles. The second kappa shape index (κ2) is 13.9.